The van der Waals surface area contributed by atoms with E-state index in [-0.39, 0.29) is 17.5 Å². The second-order valence-electron chi connectivity index (χ2n) is 6.82. The van der Waals surface area contributed by atoms with Crippen LogP contribution >= 0.6 is 11.3 Å². The molecule has 1 aromatic carbocycles. The highest BCUT2D eigenvalue weighted by Gasteiger charge is 2.24. The van der Waals surface area contributed by atoms with E-state index in [2.05, 4.69) is 21.7 Å². The number of para-hydroxylation sites is 1. The lowest BCUT2D eigenvalue weighted by Gasteiger charge is -2.34. The highest BCUT2D eigenvalue weighted by Crippen LogP contribution is 2.27. The monoisotopic (exact) mass is 382 g/mol. The zero-order valence-corrected chi connectivity index (χ0v) is 15.8. The molecule has 3 aromatic rings. The Bertz CT molecular complexity index is 975. The molecule has 0 saturated carbocycles. The fourth-order valence-corrected chi connectivity index (χ4v) is 4.49. The Balaban J connectivity index is 1.53. The second kappa shape index (κ2) is 8.06. The molecule has 2 aromatic heterocycles. The number of hydrogen-bond donors (Lipinski definition) is 1. The van der Waals surface area contributed by atoms with Gasteiger partial charge in [-0.3, -0.25) is 9.69 Å². The lowest BCUT2D eigenvalue weighted by Crippen LogP contribution is -2.41. The van der Waals surface area contributed by atoms with Gasteiger partial charge >= 0.3 is 5.63 Å². The number of nitrogens with one attached hydrogen (secondary N) is 1. The van der Waals surface area contributed by atoms with Gasteiger partial charge in [-0.1, -0.05) is 30.7 Å². The predicted octanol–water partition coefficient (Wildman–Crippen LogP) is 3.81. The summed E-state index contributed by atoms with van der Waals surface area (Å²) in [6.07, 6.45) is 3.63. The third-order valence-corrected chi connectivity index (χ3v) is 6.02. The summed E-state index contributed by atoms with van der Waals surface area (Å²) in [4.78, 5) is 28.6. The van der Waals surface area contributed by atoms with E-state index in [0.29, 0.717) is 12.1 Å². The Morgan fingerprint density at radius 3 is 2.74 bits per heavy atom. The maximum absolute atomic E-state index is 12.7. The van der Waals surface area contributed by atoms with E-state index in [1.165, 1.54) is 24.1 Å². The van der Waals surface area contributed by atoms with Crippen LogP contribution in [0, 0.1) is 0 Å². The SMILES string of the molecule is O=C(NC[C@H](c1cccs1)N1CCCCC1)c1cc2ccccc2oc1=O. The van der Waals surface area contributed by atoms with Gasteiger partial charge in [-0.25, -0.2) is 4.79 Å². The van der Waals surface area contributed by atoms with Crippen LogP contribution < -0.4 is 10.9 Å². The molecule has 27 heavy (non-hydrogen) atoms. The first-order valence-electron chi connectivity index (χ1n) is 9.31. The van der Waals surface area contributed by atoms with E-state index in [0.717, 1.165) is 18.5 Å². The fraction of sp³-hybridized carbons (Fsp3) is 0.333. The zero-order valence-electron chi connectivity index (χ0n) is 15.0. The summed E-state index contributed by atoms with van der Waals surface area (Å²) in [6, 6.07) is 13.1. The van der Waals surface area contributed by atoms with E-state index >= 15 is 0 Å². The molecule has 1 atom stereocenters. The molecule has 0 aliphatic carbocycles. The van der Waals surface area contributed by atoms with Crippen LogP contribution in [0.25, 0.3) is 11.0 Å². The lowest BCUT2D eigenvalue weighted by molar-refractivity contribution is 0.0922. The standard InChI is InChI=1S/C21H22N2O3S/c24-20(16-13-15-7-2-3-8-18(15)26-21(16)25)22-14-17(19-9-6-12-27-19)23-10-4-1-5-11-23/h2-3,6-9,12-13,17H,1,4-5,10-11,14H2,(H,22,24)/t17-/m1/s1. The minimum absolute atomic E-state index is 0.0530. The first-order chi connectivity index (χ1) is 13.2. The van der Waals surface area contributed by atoms with E-state index in [1.54, 1.807) is 29.5 Å². The number of piperidine rings is 1. The van der Waals surface area contributed by atoms with Crippen molar-refractivity contribution in [3.8, 4) is 0 Å². The molecule has 1 aliphatic heterocycles. The zero-order chi connectivity index (χ0) is 18.6. The number of fused-ring (bicyclic) bond motifs is 1. The van der Waals surface area contributed by atoms with Gasteiger partial charge in [-0.2, -0.15) is 0 Å². The molecule has 0 unspecified atom stereocenters. The van der Waals surface area contributed by atoms with Crippen LogP contribution in [0.1, 0.15) is 40.5 Å². The van der Waals surface area contributed by atoms with Gasteiger partial charge in [-0.15, -0.1) is 11.3 Å². The number of hydrogen-bond acceptors (Lipinski definition) is 5. The van der Waals surface area contributed by atoms with E-state index < -0.39 is 5.63 Å². The quantitative estimate of drug-likeness (QED) is 0.682. The Hall–Kier alpha value is -2.44. The summed E-state index contributed by atoms with van der Waals surface area (Å²) in [5, 5.41) is 5.76. The summed E-state index contributed by atoms with van der Waals surface area (Å²) in [5.74, 6) is -0.381. The molecule has 1 fully saturated rings. The molecule has 1 aliphatic rings. The minimum Gasteiger partial charge on any atom is -0.422 e. The number of carbonyl (C=O) groups excluding carboxylic acids is 1. The van der Waals surface area contributed by atoms with Gasteiger partial charge in [0.25, 0.3) is 5.91 Å². The largest absolute Gasteiger partial charge is 0.422 e. The van der Waals surface area contributed by atoms with Gasteiger partial charge in [0.05, 0.1) is 6.04 Å². The van der Waals surface area contributed by atoms with Crippen LogP contribution in [0.3, 0.4) is 0 Å². The van der Waals surface area contributed by atoms with E-state index in [9.17, 15) is 9.59 Å². The van der Waals surface area contributed by atoms with Crippen molar-refractivity contribution in [3.63, 3.8) is 0 Å². The van der Waals surface area contributed by atoms with Gasteiger partial charge in [-0.05, 0) is 49.5 Å². The third-order valence-electron chi connectivity index (χ3n) is 5.05. The average Bonchev–Trinajstić information content (AvgIpc) is 3.23. The van der Waals surface area contributed by atoms with Gasteiger partial charge in [0, 0.05) is 16.8 Å². The molecule has 3 heterocycles. The molecule has 0 radical (unpaired) electrons. The number of thiophene rings is 1. The normalized spacial score (nSPS) is 16.3. The van der Waals surface area contributed by atoms with Crippen molar-refractivity contribution >= 4 is 28.2 Å². The second-order valence-corrected chi connectivity index (χ2v) is 7.80. The lowest BCUT2D eigenvalue weighted by atomic mass is 10.1. The molecular weight excluding hydrogens is 360 g/mol. The van der Waals surface area contributed by atoms with Gasteiger partial charge in [0.1, 0.15) is 11.1 Å². The van der Waals surface area contributed by atoms with Crippen molar-refractivity contribution in [2.45, 2.75) is 25.3 Å². The Morgan fingerprint density at radius 2 is 1.96 bits per heavy atom. The van der Waals surface area contributed by atoms with Crippen molar-refractivity contribution < 1.29 is 9.21 Å². The van der Waals surface area contributed by atoms with E-state index in [1.807, 2.05) is 18.2 Å². The van der Waals surface area contributed by atoms with Crippen molar-refractivity contribution in [2.75, 3.05) is 19.6 Å². The van der Waals surface area contributed by atoms with Crippen LogP contribution in [0.2, 0.25) is 0 Å². The molecule has 1 amide bonds. The molecule has 5 nitrogen and oxygen atoms in total. The van der Waals surface area contributed by atoms with Crippen LogP contribution in [-0.4, -0.2) is 30.4 Å². The molecular formula is C21H22N2O3S. The van der Waals surface area contributed by atoms with Crippen molar-refractivity contribution in [3.05, 3.63) is 68.7 Å². The van der Waals surface area contributed by atoms with Crippen LogP contribution in [0.4, 0.5) is 0 Å². The van der Waals surface area contributed by atoms with Crippen LogP contribution in [-0.2, 0) is 0 Å². The number of benzene rings is 1. The number of likely N-dealkylation sites (tertiary alicyclic amines) is 1. The molecule has 1 saturated heterocycles. The summed E-state index contributed by atoms with van der Waals surface area (Å²) in [6.45, 7) is 2.55. The summed E-state index contributed by atoms with van der Waals surface area (Å²) in [5.41, 5.74) is -0.0575. The molecule has 140 valence electrons. The Morgan fingerprint density at radius 1 is 1.15 bits per heavy atom. The summed E-state index contributed by atoms with van der Waals surface area (Å²) < 4.78 is 5.28. The van der Waals surface area contributed by atoms with Crippen LogP contribution in [0.15, 0.2) is 57.1 Å². The fourth-order valence-electron chi connectivity index (χ4n) is 3.63. The molecule has 6 heteroatoms. The summed E-state index contributed by atoms with van der Waals surface area (Å²) >= 11 is 1.70. The average molecular weight is 382 g/mol. The smallest absolute Gasteiger partial charge is 0.349 e. The predicted molar refractivity (Wildman–Crippen MR) is 107 cm³/mol. The van der Waals surface area contributed by atoms with Crippen LogP contribution in [0.5, 0.6) is 0 Å². The Kier molecular flexibility index (Phi) is 5.36. The number of carbonyl (C=O) groups is 1. The Labute approximate surface area is 161 Å². The van der Waals surface area contributed by atoms with Crippen molar-refractivity contribution in [2.24, 2.45) is 0 Å². The van der Waals surface area contributed by atoms with Gasteiger partial charge in [0.2, 0.25) is 0 Å². The van der Waals surface area contributed by atoms with Crippen molar-refractivity contribution in [1.29, 1.82) is 0 Å². The maximum atomic E-state index is 12.7. The maximum Gasteiger partial charge on any atom is 0.349 e. The minimum atomic E-state index is -0.600. The highest BCUT2D eigenvalue weighted by atomic mass is 32.1. The third kappa shape index (κ3) is 3.96. The topological polar surface area (TPSA) is 62.6 Å². The molecule has 4 rings (SSSR count). The van der Waals surface area contributed by atoms with Crippen molar-refractivity contribution in [1.82, 2.24) is 10.2 Å². The molecule has 0 bridgehead atoms. The molecule has 1 N–H and O–H groups in total. The molecule has 0 spiro atoms. The van der Waals surface area contributed by atoms with Gasteiger partial charge in [0.15, 0.2) is 0 Å². The first kappa shape index (κ1) is 17.9. The first-order valence-corrected chi connectivity index (χ1v) is 10.2. The highest BCUT2D eigenvalue weighted by molar-refractivity contribution is 7.10. The number of rotatable bonds is 5. The number of amides is 1. The van der Waals surface area contributed by atoms with Gasteiger partial charge < -0.3 is 9.73 Å². The summed E-state index contributed by atoms with van der Waals surface area (Å²) in [7, 11) is 0. The van der Waals surface area contributed by atoms with E-state index in [4.69, 9.17) is 4.42 Å². The number of nitrogens with zero attached hydrogens (tertiary/aromatic N) is 1.